The first-order valence-electron chi connectivity index (χ1n) is 9.82. The highest BCUT2D eigenvalue weighted by Crippen LogP contribution is 2.29. The lowest BCUT2D eigenvalue weighted by Gasteiger charge is -2.32. The van der Waals surface area contributed by atoms with Gasteiger partial charge in [0.05, 0.1) is 0 Å². The normalized spacial score (nSPS) is 15.0. The van der Waals surface area contributed by atoms with Crippen LogP contribution in [0.3, 0.4) is 0 Å². The van der Waals surface area contributed by atoms with Gasteiger partial charge in [-0.15, -0.1) is 0 Å². The Hall–Kier alpha value is -3.20. The van der Waals surface area contributed by atoms with Crippen molar-refractivity contribution in [3.8, 4) is 11.8 Å². The monoisotopic (exact) mass is 393 g/mol. The van der Waals surface area contributed by atoms with Crippen LogP contribution in [0.25, 0.3) is 0 Å². The zero-order valence-corrected chi connectivity index (χ0v) is 16.4. The van der Waals surface area contributed by atoms with Gasteiger partial charge < -0.3 is 5.32 Å². The Labute approximate surface area is 170 Å². The van der Waals surface area contributed by atoms with E-state index in [-0.39, 0.29) is 11.9 Å². The summed E-state index contributed by atoms with van der Waals surface area (Å²) >= 11 is 0. The summed E-state index contributed by atoms with van der Waals surface area (Å²) in [5, 5.41) is 3.09. The van der Waals surface area contributed by atoms with Crippen LogP contribution in [0.1, 0.15) is 50.6 Å². The molecular weight excluding hydrogens is 369 g/mol. The minimum Gasteiger partial charge on any atom is -0.351 e. The van der Waals surface area contributed by atoms with Crippen LogP contribution in [0.4, 0.5) is 10.1 Å². The molecule has 1 heterocycles. The Morgan fingerprint density at radius 1 is 1.17 bits per heavy atom. The first-order valence-corrected chi connectivity index (χ1v) is 9.82. The molecule has 3 rings (SSSR count). The van der Waals surface area contributed by atoms with Gasteiger partial charge in [0.25, 0.3) is 0 Å². The minimum absolute atomic E-state index is 0.0813. The van der Waals surface area contributed by atoms with Gasteiger partial charge >= 0.3 is 5.91 Å². The van der Waals surface area contributed by atoms with Crippen molar-refractivity contribution < 1.29 is 14.0 Å². The number of halogens is 1. The largest absolute Gasteiger partial charge is 0.351 e. The number of carbonyl (C=O) groups excluding carboxylic acids is 2. The molecule has 2 amide bonds. The number of nitrogens with zero attached hydrogens (tertiary/aromatic N) is 2. The molecule has 1 aliphatic carbocycles. The molecule has 5 nitrogen and oxygen atoms in total. The molecule has 1 atom stereocenters. The maximum atomic E-state index is 13.5. The third-order valence-corrected chi connectivity index (χ3v) is 5.01. The van der Waals surface area contributed by atoms with Gasteiger partial charge in [0.15, 0.2) is 0 Å². The van der Waals surface area contributed by atoms with Gasteiger partial charge in [-0.25, -0.2) is 4.39 Å². The van der Waals surface area contributed by atoms with Crippen molar-refractivity contribution in [3.63, 3.8) is 0 Å². The van der Waals surface area contributed by atoms with Crippen LogP contribution in [-0.4, -0.2) is 22.8 Å². The maximum Gasteiger partial charge on any atom is 0.303 e. The van der Waals surface area contributed by atoms with E-state index in [9.17, 15) is 14.0 Å². The standard InChI is InChI=1S/C23H24FN3O2/c1-2-7-21(28)27(20-13-11-18(24)12-14-20)22(17-8-6-15-25-16-17)23(29)26-19-9-4-3-5-10-19/h6,8,11-16,19,22H,3-5,9-10H2,1H3,(H,26,29). The predicted molar refractivity (Wildman–Crippen MR) is 109 cm³/mol. The quantitative estimate of drug-likeness (QED) is 0.787. The van der Waals surface area contributed by atoms with Gasteiger partial charge in [-0.3, -0.25) is 19.5 Å². The van der Waals surface area contributed by atoms with Crippen LogP contribution in [0.2, 0.25) is 0 Å². The van der Waals surface area contributed by atoms with E-state index in [0.717, 1.165) is 25.7 Å². The van der Waals surface area contributed by atoms with E-state index in [1.54, 1.807) is 31.5 Å². The molecule has 1 aromatic heterocycles. The molecule has 1 N–H and O–H groups in total. The number of rotatable bonds is 5. The average molecular weight is 393 g/mol. The second-order valence-corrected chi connectivity index (χ2v) is 7.06. The Kier molecular flexibility index (Phi) is 6.96. The molecule has 0 saturated heterocycles. The fourth-order valence-corrected chi connectivity index (χ4v) is 3.63. The van der Waals surface area contributed by atoms with Crippen molar-refractivity contribution >= 4 is 17.5 Å². The molecule has 150 valence electrons. The topological polar surface area (TPSA) is 62.3 Å². The van der Waals surface area contributed by atoms with Gasteiger partial charge in [0.2, 0.25) is 5.91 Å². The predicted octanol–water partition coefficient (Wildman–Crippen LogP) is 3.77. The van der Waals surface area contributed by atoms with Crippen LogP contribution >= 0.6 is 0 Å². The number of anilines is 1. The SMILES string of the molecule is CC#CC(=O)N(c1ccc(F)cc1)C(C(=O)NC1CCCCC1)c1cccnc1. The van der Waals surface area contributed by atoms with Gasteiger partial charge in [-0.1, -0.05) is 31.2 Å². The molecule has 0 bridgehead atoms. The Balaban J connectivity index is 2.01. The molecule has 0 aliphatic heterocycles. The number of aromatic nitrogens is 1. The second kappa shape index (κ2) is 9.83. The highest BCUT2D eigenvalue weighted by molar-refractivity contribution is 6.09. The molecule has 0 radical (unpaired) electrons. The summed E-state index contributed by atoms with van der Waals surface area (Å²) in [4.78, 5) is 31.7. The number of hydrogen-bond acceptors (Lipinski definition) is 3. The molecule has 2 aromatic rings. The number of benzene rings is 1. The van der Waals surface area contributed by atoms with Crippen LogP contribution in [0.15, 0.2) is 48.8 Å². The fraction of sp³-hybridized carbons (Fsp3) is 0.348. The van der Waals surface area contributed by atoms with Crippen LogP contribution in [0, 0.1) is 17.7 Å². The van der Waals surface area contributed by atoms with E-state index in [0.29, 0.717) is 11.3 Å². The van der Waals surface area contributed by atoms with Gasteiger partial charge in [-0.05, 0) is 56.0 Å². The molecule has 1 aromatic carbocycles. The van der Waals surface area contributed by atoms with Crippen LogP contribution in [-0.2, 0) is 9.59 Å². The summed E-state index contributed by atoms with van der Waals surface area (Å²) in [7, 11) is 0. The lowest BCUT2D eigenvalue weighted by molar-refractivity contribution is -0.125. The van der Waals surface area contributed by atoms with Gasteiger partial charge in [0.1, 0.15) is 11.9 Å². The van der Waals surface area contributed by atoms with Crippen molar-refractivity contribution in [2.45, 2.75) is 51.1 Å². The molecular formula is C23H24FN3O2. The summed E-state index contributed by atoms with van der Waals surface area (Å²) in [6.45, 7) is 1.56. The first-order chi connectivity index (χ1) is 14.1. The van der Waals surface area contributed by atoms with Crippen molar-refractivity contribution in [2.75, 3.05) is 4.90 Å². The molecule has 0 spiro atoms. The van der Waals surface area contributed by atoms with Crippen molar-refractivity contribution in [1.29, 1.82) is 0 Å². The van der Waals surface area contributed by atoms with Crippen LogP contribution < -0.4 is 10.2 Å². The Morgan fingerprint density at radius 3 is 2.52 bits per heavy atom. The van der Waals surface area contributed by atoms with E-state index in [4.69, 9.17) is 0 Å². The van der Waals surface area contributed by atoms with E-state index in [1.807, 2.05) is 0 Å². The third-order valence-electron chi connectivity index (χ3n) is 5.01. The minimum atomic E-state index is -0.954. The molecule has 6 heteroatoms. The lowest BCUT2D eigenvalue weighted by Crippen LogP contribution is -2.47. The second-order valence-electron chi connectivity index (χ2n) is 7.06. The number of nitrogens with one attached hydrogen (secondary N) is 1. The first kappa shape index (κ1) is 20.5. The van der Waals surface area contributed by atoms with Gasteiger partial charge in [-0.2, -0.15) is 0 Å². The Bertz CT molecular complexity index is 897. The fourth-order valence-electron chi connectivity index (χ4n) is 3.63. The number of pyridine rings is 1. The third kappa shape index (κ3) is 5.20. The average Bonchev–Trinajstić information content (AvgIpc) is 2.74. The maximum absolute atomic E-state index is 13.5. The van der Waals surface area contributed by atoms with Crippen molar-refractivity contribution in [3.05, 3.63) is 60.2 Å². The molecule has 1 aliphatic rings. The summed E-state index contributed by atoms with van der Waals surface area (Å²) in [6.07, 6.45) is 8.33. The van der Waals surface area contributed by atoms with Crippen LogP contribution in [0.5, 0.6) is 0 Å². The zero-order valence-electron chi connectivity index (χ0n) is 16.4. The smallest absolute Gasteiger partial charge is 0.303 e. The number of amides is 2. The number of carbonyl (C=O) groups is 2. The summed E-state index contributed by atoms with van der Waals surface area (Å²) in [5.41, 5.74) is 0.961. The zero-order chi connectivity index (χ0) is 20.6. The van der Waals surface area contributed by atoms with Gasteiger partial charge in [0, 0.05) is 29.7 Å². The molecule has 1 fully saturated rings. The van der Waals surface area contributed by atoms with E-state index in [1.165, 1.54) is 35.6 Å². The number of hydrogen-bond donors (Lipinski definition) is 1. The molecule has 1 saturated carbocycles. The lowest BCUT2D eigenvalue weighted by atomic mass is 9.94. The van der Waals surface area contributed by atoms with E-state index in [2.05, 4.69) is 22.1 Å². The summed E-state index contributed by atoms with van der Waals surface area (Å²) < 4.78 is 13.5. The highest BCUT2D eigenvalue weighted by Gasteiger charge is 2.33. The summed E-state index contributed by atoms with van der Waals surface area (Å²) in [6, 6.07) is 8.06. The van der Waals surface area contributed by atoms with E-state index >= 15 is 0 Å². The van der Waals surface area contributed by atoms with Crippen molar-refractivity contribution in [2.24, 2.45) is 0 Å². The summed E-state index contributed by atoms with van der Waals surface area (Å²) in [5.74, 6) is 3.85. The molecule has 1 unspecified atom stereocenters. The van der Waals surface area contributed by atoms with Crippen molar-refractivity contribution in [1.82, 2.24) is 10.3 Å². The van der Waals surface area contributed by atoms with E-state index < -0.39 is 17.8 Å². The highest BCUT2D eigenvalue weighted by atomic mass is 19.1. The molecule has 29 heavy (non-hydrogen) atoms. The Morgan fingerprint density at radius 2 is 1.90 bits per heavy atom.